The molecule has 0 aromatic heterocycles. The summed E-state index contributed by atoms with van der Waals surface area (Å²) in [6.07, 6.45) is 0. The van der Waals surface area contributed by atoms with Crippen LogP contribution in [0.25, 0.3) is 11.1 Å². The third kappa shape index (κ3) is 6.92. The molecular weight excluding hydrogens is 805 g/mol. The van der Waals surface area contributed by atoms with Gasteiger partial charge >= 0.3 is 363 Å². The molecule has 2 aliphatic rings. The topological polar surface area (TPSA) is 12.4 Å². The Hall–Kier alpha value is -2.65. The van der Waals surface area contributed by atoms with E-state index in [9.17, 15) is 0 Å². The number of benzene rings is 4. The van der Waals surface area contributed by atoms with Crippen molar-refractivity contribution in [2.75, 3.05) is 0 Å². The maximum absolute atomic E-state index is 6.73. The van der Waals surface area contributed by atoms with E-state index in [-0.39, 0.29) is 19.7 Å². The fourth-order valence-corrected chi connectivity index (χ4v) is 30.8. The van der Waals surface area contributed by atoms with Crippen molar-refractivity contribution >= 4 is 31.5 Å². The van der Waals surface area contributed by atoms with Crippen molar-refractivity contribution in [2.45, 2.75) is 195 Å². The molecule has 0 bridgehead atoms. The first-order valence-electron chi connectivity index (χ1n) is 22.9. The van der Waals surface area contributed by atoms with Crippen LogP contribution < -0.4 is 7.16 Å². The molecule has 0 unspecified atom stereocenters. The summed E-state index contributed by atoms with van der Waals surface area (Å²) in [7, 11) is 0. The van der Waals surface area contributed by atoms with Gasteiger partial charge in [-0.3, -0.25) is 0 Å². The maximum atomic E-state index is 6.73. The van der Waals surface area contributed by atoms with Crippen LogP contribution >= 0.6 is 0 Å². The normalized spacial score (nSPS) is 16.3. The summed E-state index contributed by atoms with van der Waals surface area (Å²) in [6, 6.07) is 25.9. The van der Waals surface area contributed by atoms with Crippen molar-refractivity contribution in [3.8, 4) is 11.1 Å². The summed E-state index contributed by atoms with van der Waals surface area (Å²) in [6.45, 7) is 51.0. The van der Waals surface area contributed by atoms with Gasteiger partial charge in [0.2, 0.25) is 0 Å². The summed E-state index contributed by atoms with van der Waals surface area (Å²) >= 11 is -4.63. The Morgan fingerprint density at radius 2 is 0.724 bits per heavy atom. The van der Waals surface area contributed by atoms with Gasteiger partial charge in [-0.1, -0.05) is 0 Å². The second-order valence-corrected chi connectivity index (χ2v) is 33.0. The van der Waals surface area contributed by atoms with Crippen molar-refractivity contribution < 1.29 is 0 Å². The standard InChI is InChI=1S/C26H33N.2C15H23.Sn/c1-24(2,3)16-10-12-18-19-13-11-17(25(4,5)6)15-21(19)22(20(18)14-16)23(27)26(7,8)9;2*1-10(2)13-7-14(11(3)4)9-15(8-13)12(5)6;/h10-15H,1-9H3;2*7-8,10-12H,1-6H3;/q-1;;;+1. The number of rotatable bonds is 8. The van der Waals surface area contributed by atoms with Crippen molar-refractivity contribution in [3.63, 3.8) is 0 Å². The van der Waals surface area contributed by atoms with Gasteiger partial charge < -0.3 is 0 Å². The van der Waals surface area contributed by atoms with E-state index in [0.29, 0.717) is 35.5 Å². The zero-order valence-corrected chi connectivity index (χ0v) is 43.5. The average Bonchev–Trinajstić information content (AvgIpc) is 3.40. The van der Waals surface area contributed by atoms with Gasteiger partial charge in [0.15, 0.2) is 0 Å². The van der Waals surface area contributed by atoms with Crippen LogP contribution in [0.15, 0.2) is 63.9 Å². The predicted molar refractivity (Wildman–Crippen MR) is 259 cm³/mol. The zero-order valence-electron chi connectivity index (χ0n) is 40.7. The van der Waals surface area contributed by atoms with Crippen molar-refractivity contribution in [2.24, 2.45) is 8.63 Å². The van der Waals surface area contributed by atoms with Crippen LogP contribution in [0.1, 0.15) is 237 Å². The molecule has 0 fully saturated rings. The SMILES string of the molecule is CC(C)c1cc(C(C)C)[c]([Sn]2([c]3c(C(C)C)cc(C(C)C)cc3C(C)C)[N]=C(C(C)(C)C)[C]23c2cc(C(C)(C)C)ccc2-c2ccc(C(C)(C)C)cc23)c(C(C)C)c1. The quantitative estimate of drug-likeness (QED) is 0.156. The van der Waals surface area contributed by atoms with Crippen LogP contribution in [0, 0.1) is 5.41 Å². The van der Waals surface area contributed by atoms with Gasteiger partial charge in [0.05, 0.1) is 0 Å². The number of nitrogens with zero attached hydrogens (tertiary/aromatic N) is 1. The van der Waals surface area contributed by atoms with Gasteiger partial charge in [-0.2, -0.15) is 0 Å². The predicted octanol–water partition coefficient (Wildman–Crippen LogP) is 15.1. The average molecular weight is 885 g/mol. The summed E-state index contributed by atoms with van der Waals surface area (Å²) in [4.78, 5) is 0. The summed E-state index contributed by atoms with van der Waals surface area (Å²) < 4.78 is 9.71. The molecule has 58 heavy (non-hydrogen) atoms. The van der Waals surface area contributed by atoms with Crippen LogP contribution in [0.2, 0.25) is 0 Å². The molecular formula is C56H79NSn. The number of fused-ring (bicyclic) bond motifs is 5. The van der Waals surface area contributed by atoms with E-state index in [1.54, 1.807) is 29.4 Å². The first-order valence-corrected chi connectivity index (χ1v) is 28.5. The molecule has 1 heterocycles. The number of hydrogen-bond donors (Lipinski definition) is 0. The van der Waals surface area contributed by atoms with Crippen molar-refractivity contribution in [3.05, 3.63) is 116 Å². The van der Waals surface area contributed by atoms with Crippen LogP contribution in [-0.2, 0) is 14.3 Å². The van der Waals surface area contributed by atoms with E-state index < -0.39 is 18.7 Å². The molecule has 1 nitrogen and oxygen atoms in total. The Morgan fingerprint density at radius 1 is 0.414 bits per heavy atom. The Labute approximate surface area is 360 Å². The van der Waals surface area contributed by atoms with E-state index in [0.717, 1.165) is 0 Å². The van der Waals surface area contributed by atoms with Gasteiger partial charge in [-0.15, -0.1) is 0 Å². The van der Waals surface area contributed by atoms with E-state index >= 15 is 0 Å². The molecule has 4 aromatic rings. The van der Waals surface area contributed by atoms with Gasteiger partial charge in [0.25, 0.3) is 0 Å². The van der Waals surface area contributed by atoms with Crippen LogP contribution in [0.4, 0.5) is 0 Å². The zero-order chi connectivity index (χ0) is 43.4. The summed E-state index contributed by atoms with van der Waals surface area (Å²) in [5.74, 6) is 2.30. The molecule has 1 aliphatic heterocycles. The molecule has 0 radical (unpaired) electrons. The minimum absolute atomic E-state index is 0.00126. The van der Waals surface area contributed by atoms with E-state index in [1.165, 1.54) is 50.2 Å². The van der Waals surface area contributed by atoms with Gasteiger partial charge in [0.1, 0.15) is 0 Å². The molecule has 0 N–H and O–H groups in total. The molecule has 0 amide bonds. The van der Waals surface area contributed by atoms with Crippen molar-refractivity contribution in [1.82, 2.24) is 0 Å². The fourth-order valence-electron chi connectivity index (χ4n) is 10.4. The molecule has 6 rings (SSSR count). The van der Waals surface area contributed by atoms with Crippen LogP contribution in [0.5, 0.6) is 0 Å². The van der Waals surface area contributed by atoms with Crippen LogP contribution in [-0.4, -0.2) is 24.4 Å². The first kappa shape index (κ1) is 44.9. The molecule has 312 valence electrons. The van der Waals surface area contributed by atoms with Gasteiger partial charge in [-0.25, -0.2) is 0 Å². The van der Waals surface area contributed by atoms with Gasteiger partial charge in [0, 0.05) is 0 Å². The molecule has 1 aliphatic carbocycles. The Bertz CT molecular complexity index is 2050. The molecule has 0 atom stereocenters. The molecule has 4 aromatic carbocycles. The Balaban J connectivity index is 2.07. The van der Waals surface area contributed by atoms with E-state index in [2.05, 4.69) is 206 Å². The Morgan fingerprint density at radius 3 is 0.966 bits per heavy atom. The summed E-state index contributed by atoms with van der Waals surface area (Å²) in [5, 5.41) is 0. The number of hydrogen-bond acceptors (Lipinski definition) is 1. The second kappa shape index (κ2) is 15.1. The molecule has 2 heteroatoms. The molecule has 0 saturated carbocycles. The third-order valence-corrected chi connectivity index (χ3v) is 28.1. The monoisotopic (exact) mass is 886 g/mol. The summed E-state index contributed by atoms with van der Waals surface area (Å²) in [5.41, 5.74) is 19.1. The second-order valence-electron chi connectivity index (χ2n) is 23.3. The third-order valence-electron chi connectivity index (χ3n) is 13.7. The fraction of sp³-hybridized carbons (Fsp3) is 0.554. The van der Waals surface area contributed by atoms with Crippen molar-refractivity contribution in [1.29, 1.82) is 0 Å². The van der Waals surface area contributed by atoms with E-state index in [1.807, 2.05) is 0 Å². The molecule has 1 spiro atoms. The van der Waals surface area contributed by atoms with Gasteiger partial charge in [-0.05, 0) is 0 Å². The minimum atomic E-state index is -4.63. The molecule has 0 saturated heterocycles. The Kier molecular flexibility index (Phi) is 11.7. The van der Waals surface area contributed by atoms with E-state index in [4.69, 9.17) is 3.21 Å². The van der Waals surface area contributed by atoms with Crippen LogP contribution in [0.3, 0.4) is 0 Å². The first-order chi connectivity index (χ1) is 26.6.